The zero-order valence-electron chi connectivity index (χ0n) is 28.7. The molecule has 2 unspecified atom stereocenters. The molecule has 1 aromatic carbocycles. The first-order chi connectivity index (χ1) is 22.0. The third kappa shape index (κ3) is 10.5. The van der Waals surface area contributed by atoms with Gasteiger partial charge in [0.2, 0.25) is 17.6 Å². The molecular weight excluding hydrogens is 598 g/mol. The van der Waals surface area contributed by atoms with Crippen LogP contribution in [0.15, 0.2) is 43.0 Å². The number of ketones is 2. The molecule has 0 radical (unpaired) electrons. The van der Waals surface area contributed by atoms with Crippen molar-refractivity contribution in [2.24, 2.45) is 23.2 Å². The Labute approximate surface area is 279 Å². The largest absolute Gasteiger partial charge is 0.346 e. The summed E-state index contributed by atoms with van der Waals surface area (Å²) in [6, 6.07) is 3.91. The van der Waals surface area contributed by atoms with E-state index >= 15 is 0 Å². The number of benzene rings is 1. The summed E-state index contributed by atoms with van der Waals surface area (Å²) in [4.78, 5) is 81.7. The van der Waals surface area contributed by atoms with Crippen molar-refractivity contribution in [1.29, 1.82) is 0 Å². The van der Waals surface area contributed by atoms with E-state index in [0.29, 0.717) is 12.0 Å². The first-order valence-corrected chi connectivity index (χ1v) is 16.2. The zero-order valence-corrected chi connectivity index (χ0v) is 28.7. The van der Waals surface area contributed by atoms with E-state index in [1.165, 1.54) is 11.0 Å². The van der Waals surface area contributed by atoms with Gasteiger partial charge in [0.25, 0.3) is 5.91 Å². The molecule has 47 heavy (non-hydrogen) atoms. The summed E-state index contributed by atoms with van der Waals surface area (Å²) in [6.45, 7) is 16.8. The second kappa shape index (κ2) is 17.5. The van der Waals surface area contributed by atoms with Gasteiger partial charge in [-0.15, -0.1) is 18.9 Å². The maximum Gasteiger partial charge on any atom is 0.316 e. The minimum Gasteiger partial charge on any atom is -0.346 e. The van der Waals surface area contributed by atoms with Crippen LogP contribution in [0.5, 0.6) is 0 Å². The molecule has 1 heterocycles. The van der Waals surface area contributed by atoms with Crippen molar-refractivity contribution in [2.75, 3.05) is 13.1 Å². The summed E-state index contributed by atoms with van der Waals surface area (Å²) >= 11 is 0. The Bertz CT molecular complexity index is 1340. The number of likely N-dealkylation sites (tertiary alicyclic amines) is 1. The highest BCUT2D eigenvalue weighted by Crippen LogP contribution is 2.33. The van der Waals surface area contributed by atoms with Gasteiger partial charge >= 0.3 is 6.03 Å². The van der Waals surface area contributed by atoms with Crippen molar-refractivity contribution in [3.05, 3.63) is 48.6 Å². The van der Waals surface area contributed by atoms with Crippen LogP contribution >= 0.6 is 0 Å². The second-order valence-electron chi connectivity index (χ2n) is 13.7. The van der Waals surface area contributed by atoms with Crippen LogP contribution in [0.4, 0.5) is 4.79 Å². The van der Waals surface area contributed by atoms with Gasteiger partial charge in [-0.2, -0.15) is 0 Å². The lowest BCUT2D eigenvalue weighted by molar-refractivity contribution is -0.144. The third-order valence-corrected chi connectivity index (χ3v) is 8.38. The van der Waals surface area contributed by atoms with Crippen LogP contribution in [0.3, 0.4) is 0 Å². The van der Waals surface area contributed by atoms with E-state index in [9.17, 15) is 28.8 Å². The van der Waals surface area contributed by atoms with E-state index in [4.69, 9.17) is 6.42 Å². The number of carbonyl (C=O) groups excluding carboxylic acids is 6. The van der Waals surface area contributed by atoms with Crippen LogP contribution in [0.2, 0.25) is 0 Å². The molecule has 0 saturated carbocycles. The summed E-state index contributed by atoms with van der Waals surface area (Å²) in [5, 5.41) is 10.7. The van der Waals surface area contributed by atoms with Crippen LogP contribution in [-0.2, 0) is 19.2 Å². The van der Waals surface area contributed by atoms with E-state index in [0.717, 1.165) is 0 Å². The number of urea groups is 1. The molecule has 0 spiro atoms. The highest BCUT2D eigenvalue weighted by molar-refractivity contribution is 6.38. The molecule has 4 N–H and O–H groups in total. The van der Waals surface area contributed by atoms with E-state index < -0.39 is 59.1 Å². The van der Waals surface area contributed by atoms with Crippen molar-refractivity contribution in [1.82, 2.24) is 26.2 Å². The molecule has 2 rings (SSSR count). The Kier molecular flexibility index (Phi) is 14.4. The van der Waals surface area contributed by atoms with Gasteiger partial charge in [-0.3, -0.25) is 24.0 Å². The lowest BCUT2D eigenvalue weighted by atomic mass is 9.84. The fourth-order valence-corrected chi connectivity index (χ4v) is 5.71. The van der Waals surface area contributed by atoms with Crippen LogP contribution in [-0.4, -0.2) is 77.5 Å². The van der Waals surface area contributed by atoms with Crippen LogP contribution in [0.25, 0.3) is 0 Å². The molecule has 0 aliphatic carbocycles. The topological polar surface area (TPSA) is 154 Å². The number of hydrogen-bond acceptors (Lipinski definition) is 6. The molecule has 5 amide bonds. The molecule has 256 valence electrons. The highest BCUT2D eigenvalue weighted by Gasteiger charge is 2.47. The number of hydrogen-bond donors (Lipinski definition) is 4. The fraction of sp³-hybridized carbons (Fsp3) is 0.556. The van der Waals surface area contributed by atoms with Gasteiger partial charge in [0.15, 0.2) is 5.78 Å². The zero-order chi connectivity index (χ0) is 35.5. The number of rotatable bonds is 15. The second-order valence-corrected chi connectivity index (χ2v) is 13.7. The minimum absolute atomic E-state index is 0.000515. The summed E-state index contributed by atoms with van der Waals surface area (Å²) < 4.78 is 0. The smallest absolute Gasteiger partial charge is 0.316 e. The molecule has 11 nitrogen and oxygen atoms in total. The molecule has 1 aliphatic rings. The van der Waals surface area contributed by atoms with Gasteiger partial charge in [-0.05, 0) is 36.0 Å². The number of Topliss-reactive ketones (excluding diaryl/α,β-unsaturated/α-hetero) is 2. The number of amides is 5. The van der Waals surface area contributed by atoms with Crippen LogP contribution in [0.1, 0.15) is 78.1 Å². The quantitative estimate of drug-likeness (QED) is 0.0991. The van der Waals surface area contributed by atoms with Gasteiger partial charge in [0.1, 0.15) is 12.1 Å². The highest BCUT2D eigenvalue weighted by atomic mass is 16.2. The molecule has 1 aliphatic heterocycles. The standard InChI is InChI=1S/C36H51N5O6/c1-10-12-18-26(30(43)33(45)37-20-11-2)38-32(44)28-25(22(3)4)19-21-41(28)34(46)31(36(7,8)9)40-35(47)39-27(23(5)6)29(42)24-16-14-13-15-17-24/h1,11,13-17,22-23,25-28,31H,2,12,18-21H2,3-9H3,(H,37,45)(H,38,44)(H2,39,40,47)/t25-,26?,27?,28+,31-/m1/s1. The van der Waals surface area contributed by atoms with Crippen LogP contribution < -0.4 is 21.3 Å². The number of carbonyl (C=O) groups is 6. The molecule has 0 aromatic heterocycles. The van der Waals surface area contributed by atoms with Gasteiger partial charge in [0, 0.05) is 25.1 Å². The lowest BCUT2D eigenvalue weighted by Crippen LogP contribution is -2.62. The van der Waals surface area contributed by atoms with Crippen molar-refractivity contribution >= 4 is 35.3 Å². The Morgan fingerprint density at radius 2 is 1.66 bits per heavy atom. The number of nitrogens with zero attached hydrogens (tertiary/aromatic N) is 1. The van der Waals surface area contributed by atoms with E-state index in [-0.39, 0.29) is 49.5 Å². The molecule has 1 aromatic rings. The molecule has 11 heteroatoms. The first-order valence-electron chi connectivity index (χ1n) is 16.2. The Balaban J connectivity index is 2.35. The molecule has 1 saturated heterocycles. The average molecular weight is 650 g/mol. The summed E-state index contributed by atoms with van der Waals surface area (Å²) in [5.41, 5.74) is -0.325. The van der Waals surface area contributed by atoms with E-state index in [1.807, 2.05) is 27.7 Å². The SMILES string of the molecule is C#CCCC(NC(=O)[C@@H]1[C@@H](C(C)C)CCN1C(=O)[C@@H](NC(=O)NC(C(=O)c1ccccc1)C(C)C)C(C)(C)C)C(=O)C(=O)NCC=C. The molecular formula is C36H51N5O6. The summed E-state index contributed by atoms with van der Waals surface area (Å²) in [6.07, 6.45) is 7.55. The molecule has 5 atom stereocenters. The molecule has 0 bridgehead atoms. The average Bonchev–Trinajstić information content (AvgIpc) is 3.48. The predicted octanol–water partition coefficient (Wildman–Crippen LogP) is 3.25. The Hall–Kier alpha value is -4.46. The number of terminal acetylenes is 1. The lowest BCUT2D eigenvalue weighted by Gasteiger charge is -2.37. The summed E-state index contributed by atoms with van der Waals surface area (Å²) in [7, 11) is 0. The predicted molar refractivity (Wildman–Crippen MR) is 181 cm³/mol. The van der Waals surface area contributed by atoms with Crippen molar-refractivity contribution in [3.8, 4) is 12.3 Å². The van der Waals surface area contributed by atoms with Crippen LogP contribution in [0, 0.1) is 35.5 Å². The van der Waals surface area contributed by atoms with Crippen molar-refractivity contribution in [2.45, 2.75) is 91.9 Å². The normalized spacial score (nSPS) is 18.0. The number of nitrogens with one attached hydrogen (secondary N) is 4. The minimum atomic E-state index is -1.19. The van der Waals surface area contributed by atoms with Gasteiger partial charge < -0.3 is 26.2 Å². The van der Waals surface area contributed by atoms with Gasteiger partial charge in [-0.25, -0.2) is 4.79 Å². The first kappa shape index (κ1) is 38.7. The van der Waals surface area contributed by atoms with Crippen molar-refractivity contribution < 1.29 is 28.8 Å². The van der Waals surface area contributed by atoms with Crippen molar-refractivity contribution in [3.63, 3.8) is 0 Å². The van der Waals surface area contributed by atoms with Gasteiger partial charge in [-0.1, -0.05) is 84.9 Å². The Morgan fingerprint density at radius 3 is 2.19 bits per heavy atom. The van der Waals surface area contributed by atoms with E-state index in [2.05, 4.69) is 33.8 Å². The fourth-order valence-electron chi connectivity index (χ4n) is 5.71. The maximum absolute atomic E-state index is 14.3. The third-order valence-electron chi connectivity index (χ3n) is 8.38. The van der Waals surface area contributed by atoms with E-state index in [1.54, 1.807) is 51.1 Å². The summed E-state index contributed by atoms with van der Waals surface area (Å²) in [5.74, 6) is -1.07. The maximum atomic E-state index is 14.3. The Morgan fingerprint density at radius 1 is 1.02 bits per heavy atom. The van der Waals surface area contributed by atoms with Gasteiger partial charge in [0.05, 0.1) is 12.1 Å². The monoisotopic (exact) mass is 649 g/mol. The molecule has 1 fully saturated rings.